The van der Waals surface area contributed by atoms with Gasteiger partial charge in [-0.1, -0.05) is 30.3 Å². The van der Waals surface area contributed by atoms with Crippen LogP contribution in [0.25, 0.3) is 0 Å². The molecule has 2 rings (SSSR count). The Hall–Kier alpha value is -1.35. The Balaban J connectivity index is 1.74. The number of aryl methyl sites for hydroxylation is 1. The average molecular weight is 248 g/mol. The maximum atomic E-state index is 11.3. The van der Waals surface area contributed by atoms with E-state index >= 15 is 0 Å². The van der Waals surface area contributed by atoms with E-state index in [1.807, 2.05) is 6.07 Å². The Kier molecular flexibility index (Phi) is 4.76. The first-order chi connectivity index (χ1) is 8.79. The van der Waals surface area contributed by atoms with Crippen LogP contribution < -0.4 is 0 Å². The number of benzene rings is 1. The van der Waals surface area contributed by atoms with E-state index in [1.165, 1.54) is 12.7 Å². The van der Waals surface area contributed by atoms with Crippen molar-refractivity contribution in [1.29, 1.82) is 0 Å². The Labute approximate surface area is 108 Å². The first kappa shape index (κ1) is 13.1. The highest BCUT2D eigenvalue weighted by Gasteiger charge is 2.33. The molecule has 0 aromatic heterocycles. The summed E-state index contributed by atoms with van der Waals surface area (Å²) in [6.45, 7) is 0.799. The number of carbonyl (C=O) groups is 1. The quantitative estimate of drug-likeness (QED) is 0.550. The van der Waals surface area contributed by atoms with Crippen LogP contribution in [0.3, 0.4) is 0 Å². The van der Waals surface area contributed by atoms with Gasteiger partial charge in [0, 0.05) is 0 Å². The van der Waals surface area contributed by atoms with Gasteiger partial charge in [-0.3, -0.25) is 4.79 Å². The van der Waals surface area contributed by atoms with Gasteiger partial charge >= 0.3 is 5.97 Å². The van der Waals surface area contributed by atoms with Gasteiger partial charge in [-0.25, -0.2) is 0 Å². The molecule has 0 amide bonds. The number of carbonyl (C=O) groups excluding carboxylic acids is 1. The van der Waals surface area contributed by atoms with Crippen molar-refractivity contribution in [3.8, 4) is 0 Å². The summed E-state index contributed by atoms with van der Waals surface area (Å²) >= 11 is 0. The van der Waals surface area contributed by atoms with Crippen molar-refractivity contribution in [2.45, 2.75) is 31.8 Å². The maximum absolute atomic E-state index is 11.3. The van der Waals surface area contributed by atoms with Crippen LogP contribution in [0, 0.1) is 5.92 Å². The number of hydrogen-bond acceptors (Lipinski definition) is 3. The van der Waals surface area contributed by atoms with Crippen LogP contribution in [0.5, 0.6) is 0 Å². The molecule has 0 saturated carbocycles. The minimum atomic E-state index is -0.129. The van der Waals surface area contributed by atoms with Crippen LogP contribution in [0.15, 0.2) is 30.3 Å². The number of hydrogen-bond donors (Lipinski definition) is 0. The van der Waals surface area contributed by atoms with E-state index in [9.17, 15) is 4.79 Å². The van der Waals surface area contributed by atoms with E-state index in [1.54, 1.807) is 0 Å². The topological polar surface area (TPSA) is 38.8 Å². The zero-order valence-corrected chi connectivity index (χ0v) is 10.8. The van der Waals surface area contributed by atoms with Gasteiger partial charge in [0.05, 0.1) is 26.2 Å². The van der Waals surface area contributed by atoms with E-state index in [0.29, 0.717) is 12.3 Å². The van der Waals surface area contributed by atoms with Crippen molar-refractivity contribution in [2.24, 2.45) is 5.92 Å². The summed E-state index contributed by atoms with van der Waals surface area (Å²) in [7, 11) is 1.44. The third-order valence-corrected chi connectivity index (χ3v) is 3.42. The highest BCUT2D eigenvalue weighted by molar-refractivity contribution is 5.69. The lowest BCUT2D eigenvalue weighted by atomic mass is 9.94. The normalized spacial score (nSPS) is 19.3. The smallest absolute Gasteiger partial charge is 0.305 e. The Morgan fingerprint density at radius 1 is 1.44 bits per heavy atom. The van der Waals surface area contributed by atoms with Crippen LogP contribution in [-0.2, 0) is 20.7 Å². The molecule has 0 N–H and O–H groups in total. The number of methoxy groups -OCH3 is 1. The zero-order chi connectivity index (χ0) is 12.8. The molecule has 18 heavy (non-hydrogen) atoms. The van der Waals surface area contributed by atoms with Crippen LogP contribution in [0.4, 0.5) is 0 Å². The number of ether oxygens (including phenoxy) is 2. The highest BCUT2D eigenvalue weighted by atomic mass is 16.6. The third kappa shape index (κ3) is 4.15. The third-order valence-electron chi connectivity index (χ3n) is 3.42. The second-order valence-corrected chi connectivity index (χ2v) is 4.79. The van der Waals surface area contributed by atoms with Crippen molar-refractivity contribution in [1.82, 2.24) is 0 Å². The molecular weight excluding hydrogens is 228 g/mol. The van der Waals surface area contributed by atoms with Gasteiger partial charge < -0.3 is 9.47 Å². The molecule has 1 aromatic rings. The molecule has 3 nitrogen and oxygen atoms in total. The SMILES string of the molecule is COC(=O)C[C@H](CCCc1ccccc1)[C@H]1CO1. The Morgan fingerprint density at radius 2 is 2.17 bits per heavy atom. The molecule has 1 aromatic carbocycles. The largest absolute Gasteiger partial charge is 0.469 e. The van der Waals surface area contributed by atoms with E-state index in [4.69, 9.17) is 9.47 Å². The number of epoxide rings is 1. The minimum absolute atomic E-state index is 0.129. The molecule has 98 valence electrons. The monoisotopic (exact) mass is 248 g/mol. The molecule has 0 bridgehead atoms. The summed E-state index contributed by atoms with van der Waals surface area (Å²) < 4.78 is 10.0. The number of esters is 1. The molecule has 0 unspecified atom stereocenters. The summed E-state index contributed by atoms with van der Waals surface area (Å²) in [5.41, 5.74) is 1.35. The minimum Gasteiger partial charge on any atom is -0.469 e. The van der Waals surface area contributed by atoms with E-state index < -0.39 is 0 Å². The molecule has 1 saturated heterocycles. The van der Waals surface area contributed by atoms with Crippen molar-refractivity contribution in [3.63, 3.8) is 0 Å². The van der Waals surface area contributed by atoms with Gasteiger partial charge in [-0.05, 0) is 30.7 Å². The summed E-state index contributed by atoms with van der Waals surface area (Å²) in [4.78, 5) is 11.3. The fourth-order valence-electron chi connectivity index (χ4n) is 2.26. The molecule has 1 aliphatic rings. The second kappa shape index (κ2) is 6.55. The summed E-state index contributed by atoms with van der Waals surface area (Å²) in [6.07, 6.45) is 3.93. The first-order valence-electron chi connectivity index (χ1n) is 6.52. The molecule has 0 radical (unpaired) electrons. The lowest BCUT2D eigenvalue weighted by Crippen LogP contribution is -2.15. The predicted octanol–water partition coefficient (Wildman–Crippen LogP) is 2.59. The van der Waals surface area contributed by atoms with Crippen LogP contribution in [0.1, 0.15) is 24.8 Å². The van der Waals surface area contributed by atoms with Gasteiger partial charge in [0.2, 0.25) is 0 Å². The molecule has 1 heterocycles. The lowest BCUT2D eigenvalue weighted by molar-refractivity contribution is -0.142. The van der Waals surface area contributed by atoms with Crippen molar-refractivity contribution in [2.75, 3.05) is 13.7 Å². The van der Waals surface area contributed by atoms with Crippen molar-refractivity contribution in [3.05, 3.63) is 35.9 Å². The van der Waals surface area contributed by atoms with E-state index in [-0.39, 0.29) is 12.1 Å². The Bertz CT molecular complexity index is 371. The van der Waals surface area contributed by atoms with Crippen LogP contribution in [-0.4, -0.2) is 25.8 Å². The number of rotatable bonds is 7. The fraction of sp³-hybridized carbons (Fsp3) is 0.533. The van der Waals surface area contributed by atoms with Gasteiger partial charge in [0.25, 0.3) is 0 Å². The summed E-state index contributed by atoms with van der Waals surface area (Å²) in [5.74, 6) is 0.191. The molecule has 2 atom stereocenters. The standard InChI is InChI=1S/C15H20O3/c1-17-15(16)10-13(14-11-18-14)9-5-8-12-6-3-2-4-7-12/h2-4,6-7,13-14H,5,8-11H2,1H3/t13-,14+/m0/s1. The van der Waals surface area contributed by atoms with Crippen LogP contribution >= 0.6 is 0 Å². The van der Waals surface area contributed by atoms with E-state index in [2.05, 4.69) is 24.3 Å². The molecular formula is C15H20O3. The first-order valence-corrected chi connectivity index (χ1v) is 6.52. The lowest BCUT2D eigenvalue weighted by Gasteiger charge is -2.12. The molecule has 1 fully saturated rings. The second-order valence-electron chi connectivity index (χ2n) is 4.79. The van der Waals surface area contributed by atoms with Crippen molar-refractivity contribution >= 4 is 5.97 Å². The van der Waals surface area contributed by atoms with E-state index in [0.717, 1.165) is 25.9 Å². The molecule has 1 aliphatic heterocycles. The summed E-state index contributed by atoms with van der Waals surface area (Å²) in [5, 5.41) is 0. The van der Waals surface area contributed by atoms with Gasteiger partial charge in [0.1, 0.15) is 0 Å². The van der Waals surface area contributed by atoms with Gasteiger partial charge in [-0.15, -0.1) is 0 Å². The van der Waals surface area contributed by atoms with Crippen molar-refractivity contribution < 1.29 is 14.3 Å². The molecule has 0 aliphatic carbocycles. The van der Waals surface area contributed by atoms with Crippen LogP contribution in [0.2, 0.25) is 0 Å². The molecule has 3 heteroatoms. The van der Waals surface area contributed by atoms with Gasteiger partial charge in [0.15, 0.2) is 0 Å². The summed E-state index contributed by atoms with van der Waals surface area (Å²) in [6, 6.07) is 10.4. The fourth-order valence-corrected chi connectivity index (χ4v) is 2.26. The highest BCUT2D eigenvalue weighted by Crippen LogP contribution is 2.28. The Morgan fingerprint density at radius 3 is 2.78 bits per heavy atom. The average Bonchev–Trinajstić information content (AvgIpc) is 3.23. The maximum Gasteiger partial charge on any atom is 0.305 e. The zero-order valence-electron chi connectivity index (χ0n) is 10.8. The molecule has 0 spiro atoms. The predicted molar refractivity (Wildman–Crippen MR) is 69.2 cm³/mol. The van der Waals surface area contributed by atoms with Gasteiger partial charge in [-0.2, -0.15) is 0 Å².